The highest BCUT2D eigenvalue weighted by Gasteiger charge is 2.33. The molecule has 0 aliphatic heterocycles. The van der Waals surface area contributed by atoms with Gasteiger partial charge in [0.05, 0.1) is 28.8 Å². The first-order valence-corrected chi connectivity index (χ1v) is 10.6. The molecule has 10 heteroatoms. The van der Waals surface area contributed by atoms with E-state index >= 15 is 0 Å². The van der Waals surface area contributed by atoms with Crippen LogP contribution < -0.4 is 10.9 Å². The second-order valence-electron chi connectivity index (χ2n) is 8.20. The first kappa shape index (κ1) is 23.2. The van der Waals surface area contributed by atoms with Gasteiger partial charge in [-0.25, -0.2) is 9.36 Å². The third kappa shape index (κ3) is 4.30. The molecule has 0 aliphatic carbocycles. The van der Waals surface area contributed by atoms with Crippen LogP contribution in [-0.2, 0) is 17.5 Å². The Labute approximate surface area is 192 Å². The van der Waals surface area contributed by atoms with Crippen molar-refractivity contribution in [1.82, 2.24) is 19.6 Å². The summed E-state index contributed by atoms with van der Waals surface area (Å²) in [5.41, 5.74) is 0.463. The van der Waals surface area contributed by atoms with Gasteiger partial charge in [0.1, 0.15) is 12.1 Å². The number of alkyl halides is 3. The molecule has 0 fully saturated rings. The van der Waals surface area contributed by atoms with Crippen molar-refractivity contribution < 1.29 is 18.0 Å². The molecule has 176 valence electrons. The molecule has 1 N–H and O–H groups in total. The van der Waals surface area contributed by atoms with Crippen LogP contribution in [0.15, 0.2) is 59.5 Å². The van der Waals surface area contributed by atoms with Crippen LogP contribution in [0.1, 0.15) is 36.6 Å². The number of para-hydroxylation sites is 2. The molecule has 34 heavy (non-hydrogen) atoms. The molecule has 2 heterocycles. The highest BCUT2D eigenvalue weighted by molar-refractivity contribution is 5.91. The van der Waals surface area contributed by atoms with Gasteiger partial charge in [0.15, 0.2) is 0 Å². The zero-order valence-corrected chi connectivity index (χ0v) is 18.7. The van der Waals surface area contributed by atoms with E-state index in [0.29, 0.717) is 16.8 Å². The van der Waals surface area contributed by atoms with E-state index in [2.05, 4.69) is 15.5 Å². The maximum atomic E-state index is 13.4. The molecule has 0 atom stereocenters. The lowest BCUT2D eigenvalue weighted by Gasteiger charge is -2.15. The van der Waals surface area contributed by atoms with E-state index in [1.54, 1.807) is 6.20 Å². The molecule has 7 nitrogen and oxygen atoms in total. The predicted molar refractivity (Wildman–Crippen MR) is 122 cm³/mol. The van der Waals surface area contributed by atoms with Crippen LogP contribution >= 0.6 is 0 Å². The number of nitrogens with zero attached hydrogens (tertiary/aromatic N) is 4. The monoisotopic (exact) mass is 469 g/mol. The number of nitrogens with one attached hydrogen (secondary N) is 1. The number of halogens is 3. The number of rotatable bonds is 5. The van der Waals surface area contributed by atoms with Crippen LogP contribution in [0.2, 0.25) is 0 Å². The molecule has 4 rings (SSSR count). The number of fused-ring (bicyclic) bond motifs is 1. The van der Waals surface area contributed by atoms with Crippen molar-refractivity contribution in [3.63, 3.8) is 0 Å². The van der Waals surface area contributed by atoms with Gasteiger partial charge in [0, 0.05) is 5.39 Å². The number of hydrogen-bond acceptors (Lipinski definition) is 4. The van der Waals surface area contributed by atoms with Crippen LogP contribution in [-0.4, -0.2) is 25.5 Å². The molecule has 4 aromatic rings. The molecule has 0 saturated heterocycles. The summed E-state index contributed by atoms with van der Waals surface area (Å²) < 4.78 is 42.3. The Morgan fingerprint density at radius 3 is 2.44 bits per heavy atom. The lowest BCUT2D eigenvalue weighted by atomic mass is 10.1. The Hall–Kier alpha value is -3.95. The highest BCUT2D eigenvalue weighted by Crippen LogP contribution is 2.34. The number of carbonyl (C=O) groups is 1. The van der Waals surface area contributed by atoms with Gasteiger partial charge in [-0.3, -0.25) is 9.59 Å². The van der Waals surface area contributed by atoms with E-state index in [1.165, 1.54) is 16.8 Å². The number of amides is 1. The molecule has 1 amide bonds. The summed E-state index contributed by atoms with van der Waals surface area (Å²) in [5.74, 6) is -0.903. The molecular formula is C24H22F3N5O2. The smallest absolute Gasteiger partial charge is 0.324 e. The summed E-state index contributed by atoms with van der Waals surface area (Å²) in [6.07, 6.45) is -3.07. The van der Waals surface area contributed by atoms with Gasteiger partial charge in [0.2, 0.25) is 5.91 Å². The van der Waals surface area contributed by atoms with Crippen LogP contribution in [0, 0.1) is 6.92 Å². The normalized spacial score (nSPS) is 11.9. The minimum absolute atomic E-state index is 0.0992. The van der Waals surface area contributed by atoms with E-state index in [9.17, 15) is 22.8 Å². The van der Waals surface area contributed by atoms with Gasteiger partial charge in [-0.2, -0.15) is 23.4 Å². The molecule has 2 aromatic carbocycles. The van der Waals surface area contributed by atoms with Gasteiger partial charge < -0.3 is 5.32 Å². The van der Waals surface area contributed by atoms with Crippen molar-refractivity contribution in [1.29, 1.82) is 0 Å². The molecule has 0 radical (unpaired) electrons. The molecule has 0 bridgehead atoms. The van der Waals surface area contributed by atoms with Crippen molar-refractivity contribution in [2.24, 2.45) is 0 Å². The fourth-order valence-electron chi connectivity index (χ4n) is 3.78. The van der Waals surface area contributed by atoms with E-state index in [0.717, 1.165) is 22.4 Å². The second kappa shape index (κ2) is 8.77. The number of anilines is 1. The Morgan fingerprint density at radius 1 is 1.09 bits per heavy atom. The zero-order chi connectivity index (χ0) is 24.6. The fourth-order valence-corrected chi connectivity index (χ4v) is 3.78. The van der Waals surface area contributed by atoms with Crippen molar-refractivity contribution in [2.45, 2.75) is 39.4 Å². The molecule has 0 spiro atoms. The van der Waals surface area contributed by atoms with E-state index < -0.39 is 29.8 Å². The average molecular weight is 469 g/mol. The van der Waals surface area contributed by atoms with Gasteiger partial charge in [-0.1, -0.05) is 44.2 Å². The first-order chi connectivity index (χ1) is 16.1. The number of benzene rings is 2. The van der Waals surface area contributed by atoms with Crippen molar-refractivity contribution in [3.05, 3.63) is 81.9 Å². The van der Waals surface area contributed by atoms with Gasteiger partial charge in [-0.05, 0) is 36.6 Å². The Morgan fingerprint density at radius 2 is 1.76 bits per heavy atom. The topological polar surface area (TPSA) is 81.8 Å². The molecular weight excluding hydrogens is 447 g/mol. The molecule has 0 unspecified atom stereocenters. The first-order valence-electron chi connectivity index (χ1n) is 10.6. The SMILES string of the molecule is Cc1ccccc1-n1ncc2c(C(C)C)nn(CC(=O)Nc3ccccc3C(F)(F)F)c(=O)c21. The minimum Gasteiger partial charge on any atom is -0.324 e. The molecule has 0 saturated carbocycles. The van der Waals surface area contributed by atoms with Crippen LogP contribution in [0.25, 0.3) is 16.6 Å². The summed E-state index contributed by atoms with van der Waals surface area (Å²) in [7, 11) is 0. The summed E-state index contributed by atoms with van der Waals surface area (Å²) in [6.45, 7) is 5.11. The largest absolute Gasteiger partial charge is 0.418 e. The van der Waals surface area contributed by atoms with E-state index in [4.69, 9.17) is 0 Å². The number of aromatic nitrogens is 4. The van der Waals surface area contributed by atoms with E-state index in [-0.39, 0.29) is 17.1 Å². The average Bonchev–Trinajstić information content (AvgIpc) is 3.20. The quantitative estimate of drug-likeness (QED) is 0.461. The van der Waals surface area contributed by atoms with Crippen LogP contribution in [0.5, 0.6) is 0 Å². The summed E-state index contributed by atoms with van der Waals surface area (Å²) >= 11 is 0. The maximum Gasteiger partial charge on any atom is 0.418 e. The predicted octanol–water partition coefficient (Wildman–Crippen LogP) is 4.67. The summed E-state index contributed by atoms with van der Waals surface area (Å²) in [5, 5.41) is 11.6. The lowest BCUT2D eigenvalue weighted by Crippen LogP contribution is -2.32. The Bertz CT molecular complexity index is 1440. The number of aryl methyl sites for hydroxylation is 1. The van der Waals surface area contributed by atoms with Crippen molar-refractivity contribution in [2.75, 3.05) is 5.32 Å². The lowest BCUT2D eigenvalue weighted by molar-refractivity contribution is -0.137. The van der Waals surface area contributed by atoms with Gasteiger partial charge in [-0.15, -0.1) is 0 Å². The number of hydrogen-bond donors (Lipinski definition) is 1. The summed E-state index contributed by atoms with van der Waals surface area (Å²) in [6, 6.07) is 12.1. The van der Waals surface area contributed by atoms with Crippen LogP contribution in [0.3, 0.4) is 0 Å². The third-order valence-corrected chi connectivity index (χ3v) is 5.40. The Balaban J connectivity index is 1.78. The second-order valence-corrected chi connectivity index (χ2v) is 8.20. The van der Waals surface area contributed by atoms with Crippen molar-refractivity contribution >= 4 is 22.5 Å². The van der Waals surface area contributed by atoms with Crippen LogP contribution in [0.4, 0.5) is 18.9 Å². The Kier molecular flexibility index (Phi) is 5.99. The molecule has 2 aromatic heterocycles. The van der Waals surface area contributed by atoms with Crippen molar-refractivity contribution in [3.8, 4) is 5.69 Å². The number of carbonyl (C=O) groups excluding carboxylic acids is 1. The van der Waals surface area contributed by atoms with Gasteiger partial charge >= 0.3 is 6.18 Å². The zero-order valence-electron chi connectivity index (χ0n) is 18.7. The minimum atomic E-state index is -4.64. The summed E-state index contributed by atoms with van der Waals surface area (Å²) in [4.78, 5) is 26.0. The third-order valence-electron chi connectivity index (χ3n) is 5.40. The maximum absolute atomic E-state index is 13.4. The highest BCUT2D eigenvalue weighted by atomic mass is 19.4. The van der Waals surface area contributed by atoms with E-state index in [1.807, 2.05) is 45.0 Å². The van der Waals surface area contributed by atoms with Gasteiger partial charge in [0.25, 0.3) is 5.56 Å². The fraction of sp³-hybridized carbons (Fsp3) is 0.250. The molecule has 0 aliphatic rings. The standard InChI is InChI=1S/C24H22F3N5O2/c1-14(2)21-16-12-28-32(19-11-7-4-8-15(19)3)22(16)23(34)31(30-21)13-20(33)29-18-10-6-5-9-17(18)24(25,26)27/h4-12,14H,13H2,1-3H3,(H,29,33).